The Kier molecular flexibility index (Phi) is 9.41. The van der Waals surface area contributed by atoms with Crippen LogP contribution in [0, 0.1) is 18.5 Å². The minimum atomic E-state index is -0.433. The highest BCUT2D eigenvalue weighted by molar-refractivity contribution is 14.1. The van der Waals surface area contributed by atoms with E-state index in [2.05, 4.69) is 50.5 Å². The van der Waals surface area contributed by atoms with E-state index in [9.17, 15) is 10.1 Å². The summed E-state index contributed by atoms with van der Waals surface area (Å²) in [6, 6.07) is 20.6. The van der Waals surface area contributed by atoms with E-state index in [1.54, 1.807) is 13.2 Å². The van der Waals surface area contributed by atoms with E-state index in [4.69, 9.17) is 21.1 Å². The summed E-state index contributed by atoms with van der Waals surface area (Å²) < 4.78 is 12.9. The fourth-order valence-corrected chi connectivity index (χ4v) is 5.22. The van der Waals surface area contributed by atoms with Crippen LogP contribution in [0.5, 0.6) is 11.5 Å². The normalized spacial score (nSPS) is 10.9. The number of benzene rings is 3. The summed E-state index contributed by atoms with van der Waals surface area (Å²) in [6.45, 7) is 0.657. The molecule has 0 fully saturated rings. The summed E-state index contributed by atoms with van der Waals surface area (Å²) in [4.78, 5) is 12.5. The van der Waals surface area contributed by atoms with Gasteiger partial charge in [-0.2, -0.15) is 5.26 Å². The summed E-state index contributed by atoms with van der Waals surface area (Å²) >= 11 is 10.6. The zero-order valence-corrected chi connectivity index (χ0v) is 22.6. The Hall–Kier alpha value is -2.29. The zero-order chi connectivity index (χ0) is 23.8. The molecule has 0 aliphatic heterocycles. The van der Waals surface area contributed by atoms with Crippen LogP contribution in [0.25, 0.3) is 6.08 Å². The number of carbonyl (C=O) groups excluding carboxylic acids is 1. The van der Waals surface area contributed by atoms with E-state index in [-0.39, 0.29) is 5.57 Å². The molecule has 33 heavy (non-hydrogen) atoms. The van der Waals surface area contributed by atoms with Gasteiger partial charge in [-0.05, 0) is 92.7 Å². The molecule has 0 spiro atoms. The van der Waals surface area contributed by atoms with Crippen LogP contribution in [0.3, 0.4) is 0 Å². The van der Waals surface area contributed by atoms with E-state index in [1.807, 2.05) is 66.7 Å². The van der Waals surface area contributed by atoms with Gasteiger partial charge in [0.15, 0.2) is 0 Å². The number of nitrogens with zero attached hydrogens (tertiary/aromatic N) is 1. The lowest BCUT2D eigenvalue weighted by Gasteiger charge is -2.12. The van der Waals surface area contributed by atoms with Gasteiger partial charge in [0.2, 0.25) is 0 Å². The van der Waals surface area contributed by atoms with Crippen LogP contribution in [-0.4, -0.2) is 13.0 Å². The van der Waals surface area contributed by atoms with Gasteiger partial charge in [0.25, 0.3) is 5.91 Å². The predicted octanol–water partition coefficient (Wildman–Crippen LogP) is 6.36. The standard InChI is InChI=1S/C25H19ClI2N2O3/c1-32-20-8-6-16(7-9-20)14-30-25(31)19(13-29)10-17-11-22(27)24(23(28)12-17)33-15-18-4-2-3-5-21(18)26/h2-12H,14-15H2,1H3,(H,30,31)/b19-10-. The van der Waals surface area contributed by atoms with Crippen molar-refractivity contribution in [1.29, 1.82) is 5.26 Å². The van der Waals surface area contributed by atoms with Crippen molar-refractivity contribution in [2.45, 2.75) is 13.2 Å². The summed E-state index contributed by atoms with van der Waals surface area (Å²) in [5.41, 5.74) is 2.57. The molecule has 0 radical (unpaired) electrons. The number of rotatable bonds is 8. The van der Waals surface area contributed by atoms with Crippen LogP contribution in [0.15, 0.2) is 66.2 Å². The Bertz CT molecular complexity index is 1200. The fourth-order valence-electron chi connectivity index (χ4n) is 2.90. The molecule has 0 unspecified atom stereocenters. The third-order valence-electron chi connectivity index (χ3n) is 4.64. The first-order valence-electron chi connectivity index (χ1n) is 9.79. The van der Waals surface area contributed by atoms with Gasteiger partial charge in [-0.15, -0.1) is 0 Å². The van der Waals surface area contributed by atoms with Crippen LogP contribution in [0.4, 0.5) is 0 Å². The smallest absolute Gasteiger partial charge is 0.262 e. The molecular formula is C25H19ClI2N2O3. The number of methoxy groups -OCH3 is 1. The molecule has 0 aromatic heterocycles. The SMILES string of the molecule is COc1ccc(CNC(=O)/C(C#N)=C\c2cc(I)c(OCc3ccccc3Cl)c(I)c2)cc1. The van der Waals surface area contributed by atoms with Gasteiger partial charge in [-0.25, -0.2) is 0 Å². The molecule has 3 rings (SSSR count). The third-order valence-corrected chi connectivity index (χ3v) is 6.61. The van der Waals surface area contributed by atoms with Crippen molar-refractivity contribution in [3.63, 3.8) is 0 Å². The summed E-state index contributed by atoms with van der Waals surface area (Å²) in [5.74, 6) is 1.04. The van der Waals surface area contributed by atoms with Crippen molar-refractivity contribution < 1.29 is 14.3 Å². The van der Waals surface area contributed by atoms with E-state index in [1.165, 1.54) is 0 Å². The van der Waals surface area contributed by atoms with Crippen molar-refractivity contribution in [1.82, 2.24) is 5.32 Å². The molecule has 3 aromatic rings. The van der Waals surface area contributed by atoms with Crippen LogP contribution in [0.1, 0.15) is 16.7 Å². The lowest BCUT2D eigenvalue weighted by molar-refractivity contribution is -0.117. The molecule has 5 nitrogen and oxygen atoms in total. The topological polar surface area (TPSA) is 71.3 Å². The van der Waals surface area contributed by atoms with Crippen molar-refractivity contribution >= 4 is 68.8 Å². The van der Waals surface area contributed by atoms with Gasteiger partial charge in [0, 0.05) is 17.1 Å². The van der Waals surface area contributed by atoms with Gasteiger partial charge in [0.05, 0.1) is 14.3 Å². The number of nitrogens with one attached hydrogen (secondary N) is 1. The zero-order valence-electron chi connectivity index (χ0n) is 17.6. The maximum absolute atomic E-state index is 12.5. The molecule has 1 N–H and O–H groups in total. The molecule has 0 atom stereocenters. The molecule has 0 saturated carbocycles. The van der Waals surface area contributed by atoms with E-state index in [0.29, 0.717) is 18.2 Å². The number of hydrogen-bond donors (Lipinski definition) is 1. The molecule has 0 aliphatic rings. The Labute approximate surface area is 225 Å². The number of nitriles is 1. The Balaban J connectivity index is 1.70. The lowest BCUT2D eigenvalue weighted by atomic mass is 10.1. The number of halogens is 3. The van der Waals surface area contributed by atoms with Crippen LogP contribution in [-0.2, 0) is 17.9 Å². The van der Waals surface area contributed by atoms with Crippen molar-refractivity contribution in [2.24, 2.45) is 0 Å². The maximum atomic E-state index is 12.5. The highest BCUT2D eigenvalue weighted by Crippen LogP contribution is 2.31. The van der Waals surface area contributed by atoms with Gasteiger partial charge in [-0.3, -0.25) is 4.79 Å². The summed E-state index contributed by atoms with van der Waals surface area (Å²) in [5, 5.41) is 13.0. The highest BCUT2D eigenvalue weighted by atomic mass is 127. The largest absolute Gasteiger partial charge is 0.497 e. The fraction of sp³-hybridized carbons (Fsp3) is 0.120. The third kappa shape index (κ3) is 7.09. The van der Waals surface area contributed by atoms with Crippen molar-refractivity contribution in [3.8, 4) is 17.6 Å². The summed E-state index contributed by atoms with van der Waals surface area (Å²) in [7, 11) is 1.60. The first-order valence-corrected chi connectivity index (χ1v) is 12.3. The maximum Gasteiger partial charge on any atom is 0.262 e. The minimum Gasteiger partial charge on any atom is -0.497 e. The Morgan fingerprint density at radius 3 is 2.39 bits per heavy atom. The molecule has 8 heteroatoms. The number of hydrogen-bond acceptors (Lipinski definition) is 4. The highest BCUT2D eigenvalue weighted by Gasteiger charge is 2.13. The van der Waals surface area contributed by atoms with E-state index < -0.39 is 5.91 Å². The van der Waals surface area contributed by atoms with Gasteiger partial charge >= 0.3 is 0 Å². The van der Waals surface area contributed by atoms with Crippen molar-refractivity contribution in [2.75, 3.05) is 7.11 Å². The second-order valence-corrected chi connectivity index (χ2v) is 9.63. The molecule has 0 aliphatic carbocycles. The summed E-state index contributed by atoms with van der Waals surface area (Å²) in [6.07, 6.45) is 1.57. The second-order valence-electron chi connectivity index (χ2n) is 6.89. The number of ether oxygens (including phenoxy) is 2. The molecule has 3 aromatic carbocycles. The van der Waals surface area contributed by atoms with Gasteiger partial charge in [0.1, 0.15) is 29.7 Å². The molecule has 0 saturated heterocycles. The van der Waals surface area contributed by atoms with E-state index >= 15 is 0 Å². The van der Waals surface area contributed by atoms with Crippen LogP contribution >= 0.6 is 56.8 Å². The quantitative estimate of drug-likeness (QED) is 0.170. The molecule has 1 amide bonds. The van der Waals surface area contributed by atoms with Gasteiger partial charge in [-0.1, -0.05) is 41.9 Å². The second kappa shape index (κ2) is 12.3. The lowest BCUT2D eigenvalue weighted by Crippen LogP contribution is -2.23. The molecular weight excluding hydrogens is 666 g/mol. The molecule has 0 bridgehead atoms. The van der Waals surface area contributed by atoms with Gasteiger partial charge < -0.3 is 14.8 Å². The average molecular weight is 685 g/mol. The molecule has 168 valence electrons. The first-order chi connectivity index (χ1) is 15.9. The predicted molar refractivity (Wildman–Crippen MR) is 146 cm³/mol. The average Bonchev–Trinajstić information content (AvgIpc) is 2.81. The Morgan fingerprint density at radius 2 is 1.79 bits per heavy atom. The van der Waals surface area contributed by atoms with Crippen LogP contribution < -0.4 is 14.8 Å². The Morgan fingerprint density at radius 1 is 1.12 bits per heavy atom. The number of carbonyl (C=O) groups is 1. The monoisotopic (exact) mass is 684 g/mol. The van der Waals surface area contributed by atoms with E-state index in [0.717, 1.165) is 35.3 Å². The molecule has 0 heterocycles. The first kappa shape index (κ1) is 25.3. The van der Waals surface area contributed by atoms with Crippen LogP contribution in [0.2, 0.25) is 5.02 Å². The van der Waals surface area contributed by atoms with Crippen molar-refractivity contribution in [3.05, 3.63) is 95.1 Å². The number of amides is 1. The minimum absolute atomic E-state index is 0.0276.